The fourth-order valence-electron chi connectivity index (χ4n) is 3.56. The number of hydrogen-bond acceptors (Lipinski definition) is 4. The molecule has 0 bridgehead atoms. The second-order valence-electron chi connectivity index (χ2n) is 6.68. The van der Waals surface area contributed by atoms with Crippen LogP contribution in [0.15, 0.2) is 29.3 Å². The summed E-state index contributed by atoms with van der Waals surface area (Å²) in [6.45, 7) is 6.05. The van der Waals surface area contributed by atoms with E-state index in [0.29, 0.717) is 12.5 Å². The van der Waals surface area contributed by atoms with Crippen molar-refractivity contribution in [2.45, 2.75) is 25.3 Å². The smallest absolute Gasteiger partial charge is 0.191 e. The van der Waals surface area contributed by atoms with Crippen LogP contribution < -0.4 is 10.5 Å². The molecule has 6 heteroatoms. The highest BCUT2D eigenvalue weighted by Crippen LogP contribution is 2.26. The third kappa shape index (κ3) is 4.86. The lowest BCUT2D eigenvalue weighted by Gasteiger charge is -2.34. The van der Waals surface area contributed by atoms with Gasteiger partial charge in [-0.15, -0.1) is 0 Å². The van der Waals surface area contributed by atoms with Gasteiger partial charge in [0.2, 0.25) is 0 Å². The quantitative estimate of drug-likeness (QED) is 0.651. The number of guanidine groups is 1. The second-order valence-corrected chi connectivity index (χ2v) is 6.68. The Bertz CT molecular complexity index is 549. The van der Waals surface area contributed by atoms with Crippen LogP contribution in [0.5, 0.6) is 5.75 Å². The summed E-state index contributed by atoms with van der Waals surface area (Å²) in [6.07, 6.45) is 3.84. The number of benzene rings is 1. The molecule has 2 saturated heterocycles. The average Bonchev–Trinajstić information content (AvgIpc) is 2.70. The number of likely N-dealkylation sites (tertiary alicyclic amines) is 1. The summed E-state index contributed by atoms with van der Waals surface area (Å²) in [5.41, 5.74) is 7.51. The van der Waals surface area contributed by atoms with Crippen LogP contribution in [0.25, 0.3) is 0 Å². The Labute approximate surface area is 150 Å². The van der Waals surface area contributed by atoms with Gasteiger partial charge in [-0.1, -0.05) is 18.6 Å². The van der Waals surface area contributed by atoms with Crippen molar-refractivity contribution in [3.8, 4) is 5.75 Å². The van der Waals surface area contributed by atoms with Crippen LogP contribution in [0.1, 0.15) is 30.9 Å². The Kier molecular flexibility index (Phi) is 6.53. The number of rotatable bonds is 5. The van der Waals surface area contributed by atoms with Gasteiger partial charge in [-0.3, -0.25) is 9.89 Å². The molecule has 0 aromatic heterocycles. The molecule has 0 saturated carbocycles. The zero-order valence-corrected chi connectivity index (χ0v) is 15.2. The van der Waals surface area contributed by atoms with E-state index in [-0.39, 0.29) is 6.04 Å². The van der Waals surface area contributed by atoms with Crippen LogP contribution >= 0.6 is 0 Å². The van der Waals surface area contributed by atoms with Crippen LogP contribution in [0, 0.1) is 0 Å². The van der Waals surface area contributed by atoms with Crippen molar-refractivity contribution < 1.29 is 9.47 Å². The first-order valence-corrected chi connectivity index (χ1v) is 9.28. The van der Waals surface area contributed by atoms with Gasteiger partial charge < -0.3 is 20.1 Å². The van der Waals surface area contributed by atoms with E-state index in [4.69, 9.17) is 20.2 Å². The lowest BCUT2D eigenvalue weighted by Crippen LogP contribution is -2.45. The molecule has 2 fully saturated rings. The van der Waals surface area contributed by atoms with E-state index >= 15 is 0 Å². The number of morpholine rings is 1. The van der Waals surface area contributed by atoms with Gasteiger partial charge in [-0.05, 0) is 43.6 Å². The van der Waals surface area contributed by atoms with Crippen molar-refractivity contribution in [3.63, 3.8) is 0 Å². The Morgan fingerprint density at radius 1 is 1.12 bits per heavy atom. The highest BCUT2D eigenvalue weighted by molar-refractivity contribution is 5.78. The van der Waals surface area contributed by atoms with Gasteiger partial charge in [0, 0.05) is 13.1 Å². The number of nitrogens with zero attached hydrogens (tertiary/aromatic N) is 3. The third-order valence-electron chi connectivity index (χ3n) is 5.09. The predicted molar refractivity (Wildman–Crippen MR) is 100 cm³/mol. The molecule has 3 rings (SSSR count). The SMILES string of the molecule is COc1ccc([C@H](CN=C(N)N2CCOCC2)N2CCCCC2)cc1. The molecule has 25 heavy (non-hydrogen) atoms. The standard InChI is InChI=1S/C19H30N4O2/c1-24-17-7-5-16(6-8-17)18(22-9-3-2-4-10-22)15-21-19(20)23-11-13-25-14-12-23/h5-8,18H,2-4,9-15H2,1H3,(H2,20,21)/t18-/m0/s1. The minimum Gasteiger partial charge on any atom is -0.497 e. The number of aliphatic imine (C=N–C) groups is 1. The number of hydrogen-bond donors (Lipinski definition) is 1. The Morgan fingerprint density at radius 2 is 1.80 bits per heavy atom. The van der Waals surface area contributed by atoms with Crippen molar-refractivity contribution in [3.05, 3.63) is 29.8 Å². The average molecular weight is 346 g/mol. The first kappa shape index (κ1) is 18.0. The molecule has 2 aliphatic rings. The van der Waals surface area contributed by atoms with Crippen LogP contribution in [-0.4, -0.2) is 68.8 Å². The summed E-state index contributed by atoms with van der Waals surface area (Å²) < 4.78 is 10.7. The van der Waals surface area contributed by atoms with Crippen molar-refractivity contribution in [1.29, 1.82) is 0 Å². The normalized spacial score (nSPS) is 21.2. The molecule has 2 heterocycles. The molecule has 138 valence electrons. The molecule has 0 unspecified atom stereocenters. The van der Waals surface area contributed by atoms with Gasteiger partial charge in [0.15, 0.2) is 5.96 Å². The van der Waals surface area contributed by atoms with Crippen molar-refractivity contribution in [2.75, 3.05) is 53.0 Å². The maximum Gasteiger partial charge on any atom is 0.191 e. The van der Waals surface area contributed by atoms with Crippen LogP contribution in [0.2, 0.25) is 0 Å². The van der Waals surface area contributed by atoms with Crippen LogP contribution in [-0.2, 0) is 4.74 Å². The zero-order chi connectivity index (χ0) is 17.5. The molecule has 0 amide bonds. The molecule has 2 N–H and O–H groups in total. The number of piperidine rings is 1. The topological polar surface area (TPSA) is 63.3 Å². The fraction of sp³-hybridized carbons (Fsp3) is 0.632. The molecule has 0 aliphatic carbocycles. The van der Waals surface area contributed by atoms with Crippen LogP contribution in [0.4, 0.5) is 0 Å². The second kappa shape index (κ2) is 9.06. The summed E-state index contributed by atoms with van der Waals surface area (Å²) in [5.74, 6) is 1.52. The van der Waals surface area contributed by atoms with E-state index in [9.17, 15) is 0 Å². The minimum atomic E-state index is 0.269. The van der Waals surface area contributed by atoms with Crippen molar-refractivity contribution in [2.24, 2.45) is 10.7 Å². The van der Waals surface area contributed by atoms with E-state index in [1.54, 1.807) is 7.11 Å². The first-order valence-electron chi connectivity index (χ1n) is 9.28. The van der Waals surface area contributed by atoms with Gasteiger partial charge in [-0.2, -0.15) is 0 Å². The lowest BCUT2D eigenvalue weighted by atomic mass is 10.0. The monoisotopic (exact) mass is 346 g/mol. The molecular weight excluding hydrogens is 316 g/mol. The molecule has 2 aliphatic heterocycles. The fourth-order valence-corrected chi connectivity index (χ4v) is 3.56. The molecule has 0 radical (unpaired) electrons. The highest BCUT2D eigenvalue weighted by atomic mass is 16.5. The van der Waals surface area contributed by atoms with E-state index in [1.807, 2.05) is 12.1 Å². The molecule has 1 atom stereocenters. The summed E-state index contributed by atoms with van der Waals surface area (Å²) >= 11 is 0. The largest absolute Gasteiger partial charge is 0.497 e. The van der Waals surface area contributed by atoms with Gasteiger partial charge >= 0.3 is 0 Å². The van der Waals surface area contributed by atoms with Gasteiger partial charge in [-0.25, -0.2) is 0 Å². The minimum absolute atomic E-state index is 0.269. The number of nitrogens with two attached hydrogens (primary N) is 1. The third-order valence-corrected chi connectivity index (χ3v) is 5.09. The van der Waals surface area contributed by atoms with E-state index < -0.39 is 0 Å². The maximum atomic E-state index is 6.23. The molecule has 1 aromatic rings. The predicted octanol–water partition coefficient (Wildman–Crippen LogP) is 1.87. The molecule has 6 nitrogen and oxygen atoms in total. The summed E-state index contributed by atoms with van der Waals surface area (Å²) in [5, 5.41) is 0. The summed E-state index contributed by atoms with van der Waals surface area (Å²) in [4.78, 5) is 9.39. The Hall–Kier alpha value is -1.79. The van der Waals surface area contributed by atoms with Crippen LogP contribution in [0.3, 0.4) is 0 Å². The number of ether oxygens (including phenoxy) is 2. The van der Waals surface area contributed by atoms with Gasteiger partial charge in [0.25, 0.3) is 0 Å². The Morgan fingerprint density at radius 3 is 2.44 bits per heavy atom. The summed E-state index contributed by atoms with van der Waals surface area (Å²) in [7, 11) is 1.70. The number of methoxy groups -OCH3 is 1. The van der Waals surface area contributed by atoms with Gasteiger partial charge in [0.1, 0.15) is 5.75 Å². The zero-order valence-electron chi connectivity index (χ0n) is 15.2. The Balaban J connectivity index is 1.72. The van der Waals surface area contributed by atoms with E-state index in [2.05, 4.69) is 21.9 Å². The molecular formula is C19H30N4O2. The first-order chi connectivity index (χ1) is 12.3. The van der Waals surface area contributed by atoms with Crippen molar-refractivity contribution >= 4 is 5.96 Å². The van der Waals surface area contributed by atoms with E-state index in [0.717, 1.165) is 45.1 Å². The van der Waals surface area contributed by atoms with E-state index in [1.165, 1.54) is 24.8 Å². The van der Waals surface area contributed by atoms with Crippen molar-refractivity contribution in [1.82, 2.24) is 9.80 Å². The lowest BCUT2D eigenvalue weighted by molar-refractivity contribution is 0.0673. The summed E-state index contributed by atoms with van der Waals surface area (Å²) in [6, 6.07) is 8.63. The maximum absolute atomic E-state index is 6.23. The highest BCUT2D eigenvalue weighted by Gasteiger charge is 2.23. The molecule has 0 spiro atoms. The van der Waals surface area contributed by atoms with Gasteiger partial charge in [0.05, 0.1) is 32.9 Å². The molecule has 1 aromatic carbocycles.